The number of nitrogens with one attached hydrogen (secondary N) is 2. The second kappa shape index (κ2) is 6.10. The van der Waals surface area contributed by atoms with Crippen molar-refractivity contribution in [2.75, 3.05) is 39.3 Å². The van der Waals surface area contributed by atoms with Crippen LogP contribution in [0.25, 0.3) is 0 Å². The first-order chi connectivity index (χ1) is 9.74. The van der Waals surface area contributed by atoms with Gasteiger partial charge in [-0.1, -0.05) is 0 Å². The number of nitrogens with zero attached hydrogens (tertiary/aromatic N) is 2. The first-order valence-electron chi connectivity index (χ1n) is 7.77. The van der Waals surface area contributed by atoms with Crippen molar-refractivity contribution in [3.63, 3.8) is 0 Å². The molecule has 3 aliphatic rings. The van der Waals surface area contributed by atoms with Gasteiger partial charge in [0.1, 0.15) is 6.04 Å². The summed E-state index contributed by atoms with van der Waals surface area (Å²) in [6.45, 7) is 4.90. The number of piperazine rings is 1. The molecule has 2 N–H and O–H groups in total. The largest absolute Gasteiger partial charge is 0.352 e. The average molecular weight is 280 g/mol. The fraction of sp³-hybridized carbons (Fsp3) is 0.857. The van der Waals surface area contributed by atoms with Gasteiger partial charge >= 0.3 is 0 Å². The molecule has 3 rings (SSSR count). The second-order valence-electron chi connectivity index (χ2n) is 6.05. The molecule has 6 nitrogen and oxygen atoms in total. The van der Waals surface area contributed by atoms with Gasteiger partial charge in [-0.25, -0.2) is 0 Å². The van der Waals surface area contributed by atoms with E-state index in [1.165, 1.54) is 0 Å². The van der Waals surface area contributed by atoms with E-state index in [0.717, 1.165) is 58.4 Å². The number of carbonyl (C=O) groups excluding carboxylic acids is 2. The van der Waals surface area contributed by atoms with Crippen LogP contribution in [-0.4, -0.2) is 73.0 Å². The summed E-state index contributed by atoms with van der Waals surface area (Å²) in [6, 6.07) is 0.138. The van der Waals surface area contributed by atoms with E-state index in [4.69, 9.17) is 0 Å². The van der Waals surface area contributed by atoms with Crippen molar-refractivity contribution in [3.8, 4) is 0 Å². The average Bonchev–Trinajstić information content (AvgIpc) is 3.12. The molecule has 1 unspecified atom stereocenters. The van der Waals surface area contributed by atoms with Crippen molar-refractivity contribution >= 4 is 11.8 Å². The predicted octanol–water partition coefficient (Wildman–Crippen LogP) is -0.839. The lowest BCUT2D eigenvalue weighted by Crippen LogP contribution is -2.52. The van der Waals surface area contributed by atoms with Crippen molar-refractivity contribution in [2.45, 2.75) is 37.8 Å². The van der Waals surface area contributed by atoms with Crippen molar-refractivity contribution in [2.24, 2.45) is 0 Å². The van der Waals surface area contributed by atoms with Gasteiger partial charge in [0.25, 0.3) is 0 Å². The quantitative estimate of drug-likeness (QED) is 0.705. The maximum Gasteiger partial charge on any atom is 0.243 e. The third-order valence-electron chi connectivity index (χ3n) is 4.37. The molecule has 1 atom stereocenters. The normalized spacial score (nSPS) is 27.6. The highest BCUT2D eigenvalue weighted by molar-refractivity contribution is 5.89. The van der Waals surface area contributed by atoms with Crippen molar-refractivity contribution in [1.82, 2.24) is 20.4 Å². The molecule has 0 aromatic heterocycles. The standard InChI is InChI=1S/C14H24N4O2/c19-13(10-17-8-5-15-6-9-17)18-7-1-2-12(18)14(20)16-11-3-4-11/h11-12,15H,1-10H2,(H,16,20). The molecule has 0 bridgehead atoms. The molecule has 0 aromatic carbocycles. The fourth-order valence-electron chi connectivity index (χ4n) is 3.01. The van der Waals surface area contributed by atoms with Crippen molar-refractivity contribution < 1.29 is 9.59 Å². The molecule has 0 spiro atoms. The van der Waals surface area contributed by atoms with E-state index in [0.29, 0.717) is 12.6 Å². The minimum Gasteiger partial charge on any atom is -0.352 e. The van der Waals surface area contributed by atoms with Gasteiger partial charge < -0.3 is 15.5 Å². The van der Waals surface area contributed by atoms with Crippen LogP contribution in [0.3, 0.4) is 0 Å². The molecule has 3 fully saturated rings. The molecular weight excluding hydrogens is 256 g/mol. The van der Waals surface area contributed by atoms with Crippen molar-refractivity contribution in [1.29, 1.82) is 0 Å². The van der Waals surface area contributed by atoms with Gasteiger partial charge in [0.05, 0.1) is 6.54 Å². The van der Waals surface area contributed by atoms with Crippen LogP contribution in [0.4, 0.5) is 0 Å². The van der Waals surface area contributed by atoms with Crippen LogP contribution in [0, 0.1) is 0 Å². The zero-order valence-electron chi connectivity index (χ0n) is 11.9. The summed E-state index contributed by atoms with van der Waals surface area (Å²) in [4.78, 5) is 28.6. The molecule has 2 saturated heterocycles. The first kappa shape index (κ1) is 13.8. The van der Waals surface area contributed by atoms with E-state index in [-0.39, 0.29) is 17.9 Å². The topological polar surface area (TPSA) is 64.7 Å². The van der Waals surface area contributed by atoms with Gasteiger partial charge in [-0.3, -0.25) is 14.5 Å². The number of carbonyl (C=O) groups is 2. The van der Waals surface area contributed by atoms with E-state index in [2.05, 4.69) is 15.5 Å². The molecule has 0 radical (unpaired) electrons. The molecule has 1 aliphatic carbocycles. The van der Waals surface area contributed by atoms with E-state index in [1.54, 1.807) is 4.90 Å². The summed E-state index contributed by atoms with van der Waals surface area (Å²) in [5.41, 5.74) is 0. The van der Waals surface area contributed by atoms with E-state index in [1.807, 2.05) is 0 Å². The summed E-state index contributed by atoms with van der Waals surface area (Å²) in [5.74, 6) is 0.166. The number of hydrogen-bond donors (Lipinski definition) is 2. The zero-order valence-corrected chi connectivity index (χ0v) is 11.9. The Hall–Kier alpha value is -1.14. The predicted molar refractivity (Wildman–Crippen MR) is 75.2 cm³/mol. The molecule has 2 aliphatic heterocycles. The number of amides is 2. The van der Waals surface area contributed by atoms with Gasteiger partial charge in [-0.05, 0) is 25.7 Å². The highest BCUT2D eigenvalue weighted by Crippen LogP contribution is 2.22. The molecule has 2 amide bonds. The summed E-state index contributed by atoms with van der Waals surface area (Å²) < 4.78 is 0. The lowest BCUT2D eigenvalue weighted by molar-refractivity contribution is -0.139. The van der Waals surface area contributed by atoms with E-state index >= 15 is 0 Å². The third-order valence-corrected chi connectivity index (χ3v) is 4.37. The van der Waals surface area contributed by atoms with Gasteiger partial charge in [0.2, 0.25) is 11.8 Å². The van der Waals surface area contributed by atoms with Crippen LogP contribution in [0.1, 0.15) is 25.7 Å². The Morgan fingerprint density at radius 2 is 1.85 bits per heavy atom. The van der Waals surface area contributed by atoms with Gasteiger partial charge in [-0.15, -0.1) is 0 Å². The van der Waals surface area contributed by atoms with Crippen LogP contribution >= 0.6 is 0 Å². The Labute approximate surface area is 119 Å². The van der Waals surface area contributed by atoms with Crippen LogP contribution < -0.4 is 10.6 Å². The summed E-state index contributed by atoms with van der Waals surface area (Å²) in [5, 5.41) is 6.31. The minimum atomic E-state index is -0.231. The van der Waals surface area contributed by atoms with Crippen LogP contribution in [0.15, 0.2) is 0 Å². The lowest BCUT2D eigenvalue weighted by atomic mass is 10.2. The Morgan fingerprint density at radius 1 is 1.10 bits per heavy atom. The monoisotopic (exact) mass is 280 g/mol. The summed E-state index contributed by atoms with van der Waals surface area (Å²) in [7, 11) is 0. The molecule has 6 heteroatoms. The van der Waals surface area contributed by atoms with E-state index < -0.39 is 0 Å². The molecule has 0 aromatic rings. The molecule has 2 heterocycles. The van der Waals surface area contributed by atoms with Crippen LogP contribution in [0.2, 0.25) is 0 Å². The maximum absolute atomic E-state index is 12.4. The highest BCUT2D eigenvalue weighted by Gasteiger charge is 2.36. The Kier molecular flexibility index (Phi) is 4.21. The molecule has 20 heavy (non-hydrogen) atoms. The smallest absolute Gasteiger partial charge is 0.243 e. The number of hydrogen-bond acceptors (Lipinski definition) is 4. The Balaban J connectivity index is 1.53. The second-order valence-corrected chi connectivity index (χ2v) is 6.05. The summed E-state index contributed by atoms with van der Waals surface area (Å²) in [6.07, 6.45) is 3.93. The summed E-state index contributed by atoms with van der Waals surface area (Å²) >= 11 is 0. The molecule has 112 valence electrons. The number of likely N-dealkylation sites (tertiary alicyclic amines) is 1. The van der Waals surface area contributed by atoms with Crippen LogP contribution in [0.5, 0.6) is 0 Å². The third kappa shape index (κ3) is 3.30. The highest BCUT2D eigenvalue weighted by atomic mass is 16.2. The SMILES string of the molecule is O=C(NC1CC1)C1CCCN1C(=O)CN1CCNCC1. The first-order valence-corrected chi connectivity index (χ1v) is 7.77. The lowest BCUT2D eigenvalue weighted by Gasteiger charge is -2.30. The van der Waals surface area contributed by atoms with Crippen LogP contribution in [-0.2, 0) is 9.59 Å². The van der Waals surface area contributed by atoms with Gasteiger partial charge in [0, 0.05) is 38.8 Å². The Bertz CT molecular complexity index is 377. The maximum atomic E-state index is 12.4. The minimum absolute atomic E-state index is 0.0543. The zero-order chi connectivity index (χ0) is 13.9. The molecule has 1 saturated carbocycles. The van der Waals surface area contributed by atoms with Gasteiger partial charge in [0.15, 0.2) is 0 Å². The van der Waals surface area contributed by atoms with Gasteiger partial charge in [-0.2, -0.15) is 0 Å². The van der Waals surface area contributed by atoms with E-state index in [9.17, 15) is 9.59 Å². The van der Waals surface area contributed by atoms with Crippen molar-refractivity contribution in [3.05, 3.63) is 0 Å². The molecular formula is C14H24N4O2. The number of rotatable bonds is 4. The Morgan fingerprint density at radius 3 is 2.55 bits per heavy atom. The fourth-order valence-corrected chi connectivity index (χ4v) is 3.01.